The van der Waals surface area contributed by atoms with Crippen molar-refractivity contribution >= 4 is 28.1 Å². The number of para-hydroxylation sites is 1. The van der Waals surface area contributed by atoms with E-state index in [-0.39, 0.29) is 16.9 Å². The Balaban J connectivity index is 2.82. The lowest BCUT2D eigenvalue weighted by Gasteiger charge is -2.08. The van der Waals surface area contributed by atoms with Crippen LogP contribution in [0.1, 0.15) is 16.8 Å². The van der Waals surface area contributed by atoms with E-state index in [0.717, 1.165) is 0 Å². The number of nitrogens with one attached hydrogen (secondary N) is 2. The lowest BCUT2D eigenvalue weighted by molar-refractivity contribution is -0.384. The van der Waals surface area contributed by atoms with Gasteiger partial charge in [-0.3, -0.25) is 19.1 Å². The molecule has 1 amide bonds. The fourth-order valence-electron chi connectivity index (χ4n) is 1.70. The predicted octanol–water partition coefficient (Wildman–Crippen LogP) is 1.13. The number of anilines is 1. The van der Waals surface area contributed by atoms with E-state index in [4.69, 9.17) is 0 Å². The summed E-state index contributed by atoms with van der Waals surface area (Å²) >= 11 is 0. The van der Waals surface area contributed by atoms with Crippen molar-refractivity contribution in [3.05, 3.63) is 33.9 Å². The number of nitro groups is 1. The van der Waals surface area contributed by atoms with Crippen molar-refractivity contribution in [3.63, 3.8) is 0 Å². The molecule has 110 valence electrons. The third-order valence-corrected chi connectivity index (χ3v) is 3.49. The Morgan fingerprint density at radius 2 is 2.15 bits per heavy atom. The van der Waals surface area contributed by atoms with Gasteiger partial charge < -0.3 is 10.6 Å². The molecule has 0 saturated heterocycles. The van der Waals surface area contributed by atoms with Crippen LogP contribution in [0.25, 0.3) is 0 Å². The summed E-state index contributed by atoms with van der Waals surface area (Å²) in [6.45, 7) is 0.333. The van der Waals surface area contributed by atoms with E-state index in [0.29, 0.717) is 18.7 Å². The Morgan fingerprint density at radius 1 is 1.45 bits per heavy atom. The zero-order valence-corrected chi connectivity index (χ0v) is 12.2. The summed E-state index contributed by atoms with van der Waals surface area (Å²) in [5, 5.41) is 16.4. The van der Waals surface area contributed by atoms with Crippen LogP contribution < -0.4 is 10.6 Å². The molecule has 0 aliphatic carbocycles. The second-order valence-corrected chi connectivity index (χ2v) is 5.65. The molecular weight excluding hydrogens is 282 g/mol. The third kappa shape index (κ3) is 4.30. The lowest BCUT2D eigenvalue weighted by Crippen LogP contribution is -2.26. The van der Waals surface area contributed by atoms with Gasteiger partial charge in [-0.2, -0.15) is 0 Å². The van der Waals surface area contributed by atoms with Crippen molar-refractivity contribution in [2.45, 2.75) is 6.42 Å². The molecule has 0 spiro atoms. The Labute approximate surface area is 119 Å². The molecule has 7 nitrogen and oxygen atoms in total. The second-order valence-electron chi connectivity index (χ2n) is 4.10. The first kappa shape index (κ1) is 16.1. The number of hydrogen-bond donors (Lipinski definition) is 2. The number of rotatable bonds is 7. The molecule has 0 fully saturated rings. The SMILES string of the molecule is CNc1cccc(C(=O)NCCCS(C)=O)c1[N+](=O)[O-]. The van der Waals surface area contributed by atoms with Crippen molar-refractivity contribution in [1.82, 2.24) is 5.32 Å². The van der Waals surface area contributed by atoms with Crippen LogP contribution >= 0.6 is 0 Å². The van der Waals surface area contributed by atoms with Gasteiger partial charge in [0.25, 0.3) is 5.91 Å². The molecule has 2 N–H and O–H groups in total. The van der Waals surface area contributed by atoms with Crippen LogP contribution in [0.5, 0.6) is 0 Å². The minimum Gasteiger partial charge on any atom is -0.383 e. The summed E-state index contributed by atoms with van der Waals surface area (Å²) < 4.78 is 10.9. The molecule has 0 aliphatic rings. The summed E-state index contributed by atoms with van der Waals surface area (Å²) in [6, 6.07) is 4.52. The highest BCUT2D eigenvalue weighted by atomic mass is 32.2. The van der Waals surface area contributed by atoms with Gasteiger partial charge in [0.1, 0.15) is 11.3 Å². The molecule has 1 rings (SSSR count). The molecule has 1 aromatic rings. The van der Waals surface area contributed by atoms with Crippen molar-refractivity contribution in [2.24, 2.45) is 0 Å². The lowest BCUT2D eigenvalue weighted by atomic mass is 10.1. The monoisotopic (exact) mass is 299 g/mol. The van der Waals surface area contributed by atoms with Gasteiger partial charge in [0.15, 0.2) is 0 Å². The summed E-state index contributed by atoms with van der Waals surface area (Å²) in [5.74, 6) is -0.0189. The van der Waals surface area contributed by atoms with E-state index in [9.17, 15) is 19.1 Å². The molecule has 1 atom stereocenters. The largest absolute Gasteiger partial charge is 0.383 e. The van der Waals surface area contributed by atoms with Crippen LogP contribution in [0.4, 0.5) is 11.4 Å². The van der Waals surface area contributed by atoms with Crippen LogP contribution in [0, 0.1) is 10.1 Å². The minimum absolute atomic E-state index is 0.0134. The Hall–Kier alpha value is -1.96. The smallest absolute Gasteiger partial charge is 0.305 e. The standard InChI is InChI=1S/C12H17N3O4S/c1-13-10-6-3-5-9(11(10)15(17)18)12(16)14-7-4-8-20(2)19/h3,5-6,13H,4,7-8H2,1-2H3,(H,14,16). The molecule has 8 heteroatoms. The molecule has 1 unspecified atom stereocenters. The number of benzene rings is 1. The molecule has 1 aromatic carbocycles. The topological polar surface area (TPSA) is 101 Å². The first-order chi connectivity index (χ1) is 9.47. The molecular formula is C12H17N3O4S. The average molecular weight is 299 g/mol. The average Bonchev–Trinajstić information content (AvgIpc) is 2.41. The molecule has 20 heavy (non-hydrogen) atoms. The van der Waals surface area contributed by atoms with Gasteiger partial charge in [-0.25, -0.2) is 0 Å². The second kappa shape index (κ2) is 7.59. The van der Waals surface area contributed by atoms with Crippen LogP contribution in [0.2, 0.25) is 0 Å². The van der Waals surface area contributed by atoms with E-state index in [1.54, 1.807) is 19.4 Å². The van der Waals surface area contributed by atoms with E-state index >= 15 is 0 Å². The molecule has 0 saturated carbocycles. The number of hydrogen-bond acceptors (Lipinski definition) is 5. The van der Waals surface area contributed by atoms with Crippen LogP contribution in [-0.4, -0.2) is 40.6 Å². The van der Waals surface area contributed by atoms with Gasteiger partial charge in [0, 0.05) is 36.4 Å². The van der Waals surface area contributed by atoms with E-state index in [1.165, 1.54) is 12.1 Å². The molecule has 0 heterocycles. The minimum atomic E-state index is -0.911. The maximum absolute atomic E-state index is 12.0. The Bertz CT molecular complexity index is 533. The maximum Gasteiger partial charge on any atom is 0.305 e. The van der Waals surface area contributed by atoms with Crippen LogP contribution in [-0.2, 0) is 10.8 Å². The Kier molecular flexibility index (Phi) is 6.10. The molecule has 0 radical (unpaired) electrons. The molecule has 0 bridgehead atoms. The number of nitro benzene ring substituents is 1. The number of carbonyl (C=O) groups excluding carboxylic acids is 1. The van der Waals surface area contributed by atoms with Gasteiger partial charge in [0.2, 0.25) is 0 Å². The van der Waals surface area contributed by atoms with Gasteiger partial charge in [-0.1, -0.05) is 6.07 Å². The number of nitrogens with zero attached hydrogens (tertiary/aromatic N) is 1. The first-order valence-corrected chi connectivity index (χ1v) is 7.73. The number of carbonyl (C=O) groups is 1. The quantitative estimate of drug-likeness (QED) is 0.446. The van der Waals surface area contributed by atoms with Crippen LogP contribution in [0.3, 0.4) is 0 Å². The molecule has 0 aromatic heterocycles. The van der Waals surface area contributed by atoms with Gasteiger partial charge >= 0.3 is 5.69 Å². The normalized spacial score (nSPS) is 11.7. The number of amides is 1. The highest BCUT2D eigenvalue weighted by molar-refractivity contribution is 7.84. The van der Waals surface area contributed by atoms with Gasteiger partial charge in [-0.15, -0.1) is 0 Å². The van der Waals surface area contributed by atoms with Crippen molar-refractivity contribution in [1.29, 1.82) is 0 Å². The van der Waals surface area contributed by atoms with E-state index < -0.39 is 21.6 Å². The molecule has 0 aliphatic heterocycles. The summed E-state index contributed by atoms with van der Waals surface area (Å²) in [6.07, 6.45) is 2.15. The zero-order chi connectivity index (χ0) is 15.1. The fraction of sp³-hybridized carbons (Fsp3) is 0.417. The summed E-state index contributed by atoms with van der Waals surface area (Å²) in [5.41, 5.74) is 0.0587. The van der Waals surface area contributed by atoms with Crippen molar-refractivity contribution in [3.8, 4) is 0 Å². The summed E-state index contributed by atoms with van der Waals surface area (Å²) in [4.78, 5) is 22.5. The first-order valence-electron chi connectivity index (χ1n) is 6.00. The van der Waals surface area contributed by atoms with Gasteiger partial charge in [0.05, 0.1) is 4.92 Å². The highest BCUT2D eigenvalue weighted by Gasteiger charge is 2.23. The zero-order valence-electron chi connectivity index (χ0n) is 11.3. The van der Waals surface area contributed by atoms with E-state index in [2.05, 4.69) is 10.6 Å². The van der Waals surface area contributed by atoms with E-state index in [1.807, 2.05) is 0 Å². The predicted molar refractivity (Wildman–Crippen MR) is 78.5 cm³/mol. The van der Waals surface area contributed by atoms with Crippen LogP contribution in [0.15, 0.2) is 18.2 Å². The fourth-order valence-corrected chi connectivity index (χ4v) is 2.25. The Morgan fingerprint density at radius 3 is 2.70 bits per heavy atom. The van der Waals surface area contributed by atoms with Crippen molar-refractivity contribution in [2.75, 3.05) is 30.9 Å². The van der Waals surface area contributed by atoms with Crippen molar-refractivity contribution < 1.29 is 13.9 Å². The third-order valence-electron chi connectivity index (χ3n) is 2.63. The maximum atomic E-state index is 12.0. The van der Waals surface area contributed by atoms with Gasteiger partial charge in [-0.05, 0) is 18.6 Å². The summed E-state index contributed by atoms with van der Waals surface area (Å²) in [7, 11) is 0.645. The highest BCUT2D eigenvalue weighted by Crippen LogP contribution is 2.27.